The molecule has 0 saturated carbocycles. The van der Waals surface area contributed by atoms with E-state index in [2.05, 4.69) is 39.3 Å². The van der Waals surface area contributed by atoms with E-state index >= 15 is 0 Å². The van der Waals surface area contributed by atoms with E-state index in [0.29, 0.717) is 0 Å². The number of aromatic nitrogens is 1. The molecule has 1 N–H and O–H groups in total. The van der Waals surface area contributed by atoms with Gasteiger partial charge in [-0.25, -0.2) is 0 Å². The van der Waals surface area contributed by atoms with E-state index in [0.717, 1.165) is 55.0 Å². The number of thiocarbonyl (C=S) groups is 1. The van der Waals surface area contributed by atoms with Gasteiger partial charge in [-0.1, -0.05) is 17.3 Å². The predicted molar refractivity (Wildman–Crippen MR) is 95.5 cm³/mol. The lowest BCUT2D eigenvalue weighted by Gasteiger charge is -2.35. The lowest BCUT2D eigenvalue weighted by molar-refractivity contribution is 0.173. The van der Waals surface area contributed by atoms with Gasteiger partial charge in [-0.15, -0.1) is 0 Å². The Bertz CT molecular complexity index is 677. The van der Waals surface area contributed by atoms with Crippen molar-refractivity contribution in [3.8, 4) is 0 Å². The lowest BCUT2D eigenvalue weighted by atomic mass is 10.2. The maximum absolute atomic E-state index is 5.54. The Hall–Kier alpha value is -1.92. The third kappa shape index (κ3) is 4.30. The van der Waals surface area contributed by atoms with Gasteiger partial charge >= 0.3 is 0 Å². The summed E-state index contributed by atoms with van der Waals surface area (Å²) in [5.74, 6) is 0.863. The number of hydrogen-bond acceptors (Lipinski definition) is 4. The Morgan fingerprint density at radius 1 is 1.22 bits per heavy atom. The van der Waals surface area contributed by atoms with Crippen molar-refractivity contribution in [2.75, 3.05) is 31.5 Å². The van der Waals surface area contributed by atoms with Crippen molar-refractivity contribution in [1.29, 1.82) is 0 Å². The molecule has 0 radical (unpaired) electrons. The molecule has 2 aromatic rings. The maximum atomic E-state index is 5.54. The summed E-state index contributed by atoms with van der Waals surface area (Å²) in [5, 5.41) is 8.19. The van der Waals surface area contributed by atoms with Crippen LogP contribution in [0.1, 0.15) is 17.0 Å². The van der Waals surface area contributed by atoms with E-state index in [1.54, 1.807) is 0 Å². The first-order valence-corrected chi connectivity index (χ1v) is 8.28. The van der Waals surface area contributed by atoms with Gasteiger partial charge < -0.3 is 14.7 Å². The highest BCUT2D eigenvalue weighted by atomic mass is 32.1. The molecule has 23 heavy (non-hydrogen) atoms. The van der Waals surface area contributed by atoms with Crippen molar-refractivity contribution < 1.29 is 4.52 Å². The van der Waals surface area contributed by atoms with E-state index in [-0.39, 0.29) is 0 Å². The van der Waals surface area contributed by atoms with Crippen LogP contribution in [0, 0.1) is 13.8 Å². The minimum atomic E-state index is 0.799. The first-order chi connectivity index (χ1) is 11.1. The number of nitrogens with one attached hydrogen (secondary N) is 1. The van der Waals surface area contributed by atoms with Crippen LogP contribution in [0.15, 0.2) is 34.9 Å². The van der Waals surface area contributed by atoms with Gasteiger partial charge in [0.2, 0.25) is 0 Å². The van der Waals surface area contributed by atoms with Crippen LogP contribution in [0.25, 0.3) is 0 Å². The van der Waals surface area contributed by atoms with Crippen LogP contribution < -0.4 is 5.32 Å². The summed E-state index contributed by atoms with van der Waals surface area (Å²) >= 11 is 5.54. The number of rotatable bonds is 3. The molecule has 6 heteroatoms. The van der Waals surface area contributed by atoms with E-state index < -0.39 is 0 Å². The normalized spacial score (nSPS) is 15.7. The average Bonchev–Trinajstić information content (AvgIpc) is 2.93. The molecule has 0 bridgehead atoms. The minimum Gasteiger partial charge on any atom is -0.361 e. The molecule has 0 amide bonds. The zero-order chi connectivity index (χ0) is 16.2. The molecule has 122 valence electrons. The zero-order valence-corrected chi connectivity index (χ0v) is 14.4. The van der Waals surface area contributed by atoms with Gasteiger partial charge in [0, 0.05) is 44.5 Å². The fourth-order valence-corrected chi connectivity index (χ4v) is 3.06. The van der Waals surface area contributed by atoms with Crippen LogP contribution in [0.4, 0.5) is 5.69 Å². The summed E-state index contributed by atoms with van der Waals surface area (Å²) in [5.41, 5.74) is 3.28. The Labute approximate surface area is 142 Å². The summed E-state index contributed by atoms with van der Waals surface area (Å²) in [7, 11) is 0. The third-order valence-corrected chi connectivity index (χ3v) is 4.35. The molecule has 2 heterocycles. The monoisotopic (exact) mass is 330 g/mol. The minimum absolute atomic E-state index is 0.799. The fraction of sp³-hybridized carbons (Fsp3) is 0.412. The summed E-state index contributed by atoms with van der Waals surface area (Å²) in [4.78, 5) is 4.60. The molecule has 1 fully saturated rings. The SMILES string of the molecule is Cc1cccc(NC(=S)N2CCN(Cc3cc(C)on3)CC2)c1. The van der Waals surface area contributed by atoms with Crippen molar-refractivity contribution in [2.24, 2.45) is 0 Å². The maximum Gasteiger partial charge on any atom is 0.173 e. The summed E-state index contributed by atoms with van der Waals surface area (Å²) in [6.45, 7) is 8.64. The number of anilines is 1. The molecular formula is C17H22N4OS. The first kappa shape index (κ1) is 16.0. The molecule has 5 nitrogen and oxygen atoms in total. The highest BCUT2D eigenvalue weighted by Gasteiger charge is 2.19. The van der Waals surface area contributed by atoms with Crippen molar-refractivity contribution in [3.63, 3.8) is 0 Å². The molecule has 0 aliphatic carbocycles. The Morgan fingerprint density at radius 2 is 2.00 bits per heavy atom. The highest BCUT2D eigenvalue weighted by Crippen LogP contribution is 2.13. The topological polar surface area (TPSA) is 44.5 Å². The number of aryl methyl sites for hydroxylation is 2. The summed E-state index contributed by atoms with van der Waals surface area (Å²) in [6, 6.07) is 10.3. The van der Waals surface area contributed by atoms with E-state index in [4.69, 9.17) is 16.7 Å². The molecular weight excluding hydrogens is 308 g/mol. The van der Waals surface area contributed by atoms with Crippen molar-refractivity contribution in [3.05, 3.63) is 47.3 Å². The van der Waals surface area contributed by atoms with Crippen molar-refractivity contribution in [2.45, 2.75) is 20.4 Å². The van der Waals surface area contributed by atoms with Crippen LogP contribution in [-0.4, -0.2) is 46.2 Å². The number of hydrogen-bond donors (Lipinski definition) is 1. The van der Waals surface area contributed by atoms with Gasteiger partial charge in [0.05, 0.1) is 5.69 Å². The first-order valence-electron chi connectivity index (χ1n) is 7.87. The van der Waals surface area contributed by atoms with Crippen molar-refractivity contribution in [1.82, 2.24) is 15.0 Å². The molecule has 1 saturated heterocycles. The quantitative estimate of drug-likeness (QED) is 0.873. The fourth-order valence-electron chi connectivity index (χ4n) is 2.76. The number of benzene rings is 1. The van der Waals surface area contributed by atoms with Crippen LogP contribution in [-0.2, 0) is 6.54 Å². The molecule has 1 aliphatic heterocycles. The zero-order valence-electron chi connectivity index (χ0n) is 13.6. The largest absolute Gasteiger partial charge is 0.361 e. The summed E-state index contributed by atoms with van der Waals surface area (Å²) in [6.07, 6.45) is 0. The van der Waals surface area contributed by atoms with E-state index in [9.17, 15) is 0 Å². The van der Waals surface area contributed by atoms with Gasteiger partial charge in [-0.3, -0.25) is 4.90 Å². The average molecular weight is 330 g/mol. The van der Waals surface area contributed by atoms with Crippen LogP contribution in [0.2, 0.25) is 0 Å². The van der Waals surface area contributed by atoms with Crippen LogP contribution in [0.5, 0.6) is 0 Å². The molecule has 1 aliphatic rings. The second kappa shape index (κ2) is 7.10. The van der Waals surface area contributed by atoms with Gasteiger partial charge in [-0.2, -0.15) is 0 Å². The molecule has 1 aromatic carbocycles. The van der Waals surface area contributed by atoms with Gasteiger partial charge in [0.15, 0.2) is 5.11 Å². The van der Waals surface area contributed by atoms with E-state index in [1.807, 2.05) is 25.1 Å². The van der Waals surface area contributed by atoms with Gasteiger partial charge in [0.25, 0.3) is 0 Å². The number of nitrogens with zero attached hydrogens (tertiary/aromatic N) is 3. The molecule has 0 unspecified atom stereocenters. The summed E-state index contributed by atoms with van der Waals surface area (Å²) < 4.78 is 5.12. The van der Waals surface area contributed by atoms with Gasteiger partial charge in [-0.05, 0) is 43.8 Å². The number of piperazine rings is 1. The predicted octanol–water partition coefficient (Wildman–Crippen LogP) is 2.81. The van der Waals surface area contributed by atoms with E-state index in [1.165, 1.54) is 5.56 Å². The van der Waals surface area contributed by atoms with Crippen molar-refractivity contribution >= 4 is 23.0 Å². The second-order valence-electron chi connectivity index (χ2n) is 5.99. The Kier molecular flexibility index (Phi) is 4.93. The smallest absolute Gasteiger partial charge is 0.173 e. The Morgan fingerprint density at radius 3 is 2.65 bits per heavy atom. The molecule has 3 rings (SSSR count). The molecule has 0 spiro atoms. The van der Waals surface area contributed by atoms with Gasteiger partial charge in [0.1, 0.15) is 5.76 Å². The standard InChI is InChI=1S/C17H22N4OS/c1-13-4-3-5-15(10-13)18-17(23)21-8-6-20(7-9-21)12-16-11-14(2)22-19-16/h3-5,10-11H,6-9,12H2,1-2H3,(H,18,23). The Balaban J connectivity index is 1.49. The molecule has 1 aromatic heterocycles. The van der Waals surface area contributed by atoms with Crippen LogP contribution in [0.3, 0.4) is 0 Å². The second-order valence-corrected chi connectivity index (χ2v) is 6.38. The molecule has 0 atom stereocenters. The van der Waals surface area contributed by atoms with Crippen LogP contribution >= 0.6 is 12.2 Å². The lowest BCUT2D eigenvalue weighted by Crippen LogP contribution is -2.49. The third-order valence-electron chi connectivity index (χ3n) is 3.99. The highest BCUT2D eigenvalue weighted by molar-refractivity contribution is 7.80.